The van der Waals surface area contributed by atoms with Crippen molar-refractivity contribution < 1.29 is 24.9 Å². The van der Waals surface area contributed by atoms with Crippen LogP contribution < -0.4 is 0 Å². The van der Waals surface area contributed by atoms with Gasteiger partial charge in [0.15, 0.2) is 0 Å². The molecule has 0 saturated carbocycles. The molecule has 1 unspecified atom stereocenters. The van der Waals surface area contributed by atoms with Crippen molar-refractivity contribution in [2.24, 2.45) is 0 Å². The van der Waals surface area contributed by atoms with Gasteiger partial charge in [-0.3, -0.25) is 4.79 Å². The number of hydrogen-bond donors (Lipinski definition) is 3. The van der Waals surface area contributed by atoms with Gasteiger partial charge in [0.05, 0.1) is 11.7 Å². The number of aliphatic carboxylic acids is 1. The fourth-order valence-electron chi connectivity index (χ4n) is 2.61. The van der Waals surface area contributed by atoms with E-state index in [1.807, 2.05) is 24.3 Å². The quantitative estimate of drug-likeness (QED) is 0.642. The van der Waals surface area contributed by atoms with Gasteiger partial charge >= 0.3 is 11.9 Å². The molecule has 2 aromatic carbocycles. The van der Waals surface area contributed by atoms with E-state index in [2.05, 4.69) is 0 Å². The summed E-state index contributed by atoms with van der Waals surface area (Å²) in [6.07, 6.45) is 1.05. The van der Waals surface area contributed by atoms with Crippen LogP contribution in [0.25, 0.3) is 11.1 Å². The van der Waals surface area contributed by atoms with Crippen LogP contribution in [-0.4, -0.2) is 27.3 Å². The number of aromatic carboxylic acids is 1. The Morgan fingerprint density at radius 2 is 1.58 bits per heavy atom. The molecule has 2 rings (SSSR count). The van der Waals surface area contributed by atoms with Gasteiger partial charge in [0.1, 0.15) is 0 Å². The lowest BCUT2D eigenvalue weighted by Crippen LogP contribution is -2.01. The van der Waals surface area contributed by atoms with Crippen molar-refractivity contribution in [2.75, 3.05) is 0 Å². The fourth-order valence-corrected chi connectivity index (χ4v) is 2.61. The minimum Gasteiger partial charge on any atom is -0.481 e. The number of hydrogen-bond acceptors (Lipinski definition) is 3. The molecule has 0 aliphatic carbocycles. The third-order valence-electron chi connectivity index (χ3n) is 3.88. The van der Waals surface area contributed by atoms with Gasteiger partial charge in [-0.1, -0.05) is 36.4 Å². The lowest BCUT2D eigenvalue weighted by Gasteiger charge is -2.16. The highest BCUT2D eigenvalue weighted by molar-refractivity contribution is 5.88. The van der Waals surface area contributed by atoms with Gasteiger partial charge < -0.3 is 15.3 Å². The van der Waals surface area contributed by atoms with Crippen molar-refractivity contribution in [1.82, 2.24) is 0 Å². The maximum absolute atomic E-state index is 10.9. The average Bonchev–Trinajstić information content (AvgIpc) is 2.58. The molecule has 0 radical (unpaired) electrons. The molecule has 5 heteroatoms. The van der Waals surface area contributed by atoms with E-state index >= 15 is 0 Å². The Bertz CT molecular complexity index is 706. The summed E-state index contributed by atoms with van der Waals surface area (Å²) in [5.41, 5.74) is 2.65. The summed E-state index contributed by atoms with van der Waals surface area (Å²) in [5.74, 6) is -1.81. The topological polar surface area (TPSA) is 94.8 Å². The average molecular weight is 328 g/mol. The summed E-state index contributed by atoms with van der Waals surface area (Å²) >= 11 is 0. The number of benzene rings is 2. The van der Waals surface area contributed by atoms with Crippen LogP contribution >= 0.6 is 0 Å². The van der Waals surface area contributed by atoms with Crippen LogP contribution in [0.1, 0.15) is 47.7 Å². The second-order valence-electron chi connectivity index (χ2n) is 5.63. The normalized spacial score (nSPS) is 11.9. The van der Waals surface area contributed by atoms with E-state index in [1.54, 1.807) is 12.1 Å². The Hall–Kier alpha value is -2.66. The van der Waals surface area contributed by atoms with E-state index in [0.717, 1.165) is 16.7 Å². The predicted molar refractivity (Wildman–Crippen MR) is 89.9 cm³/mol. The molecular formula is C19H20O5. The molecule has 24 heavy (non-hydrogen) atoms. The van der Waals surface area contributed by atoms with Crippen molar-refractivity contribution >= 4 is 11.9 Å². The van der Waals surface area contributed by atoms with Gasteiger partial charge in [0, 0.05) is 6.42 Å². The van der Waals surface area contributed by atoms with E-state index in [4.69, 9.17) is 10.2 Å². The number of carbonyl (C=O) groups is 2. The number of rotatable bonds is 8. The first-order valence-electron chi connectivity index (χ1n) is 7.81. The summed E-state index contributed by atoms with van der Waals surface area (Å²) in [5, 5.41) is 28.0. The Balaban J connectivity index is 2.14. The molecule has 0 fully saturated rings. The van der Waals surface area contributed by atoms with Crippen molar-refractivity contribution in [1.29, 1.82) is 0 Å². The number of carboxylic acids is 2. The first kappa shape index (κ1) is 17.7. The Morgan fingerprint density at radius 1 is 0.917 bits per heavy atom. The smallest absolute Gasteiger partial charge is 0.335 e. The van der Waals surface area contributed by atoms with Crippen LogP contribution in [0, 0.1) is 0 Å². The Kier molecular flexibility index (Phi) is 6.09. The molecule has 0 aliphatic heterocycles. The lowest BCUT2D eigenvalue weighted by atomic mass is 9.93. The van der Waals surface area contributed by atoms with Crippen molar-refractivity contribution in [3.05, 3.63) is 59.7 Å². The third kappa shape index (κ3) is 4.67. The SMILES string of the molecule is O=C(O)CCCCC(O)c1ccccc1-c1ccc(C(=O)O)cc1. The monoisotopic (exact) mass is 328 g/mol. The standard InChI is InChI=1S/C19H20O5/c20-17(7-3-4-8-18(21)22)16-6-2-1-5-15(16)13-9-11-14(12-10-13)19(23)24/h1-2,5-6,9-12,17,20H,3-4,7-8H2,(H,21,22)(H,23,24). The summed E-state index contributed by atoms with van der Waals surface area (Å²) in [4.78, 5) is 21.5. The van der Waals surface area contributed by atoms with E-state index in [1.165, 1.54) is 12.1 Å². The molecule has 0 aliphatic rings. The minimum absolute atomic E-state index is 0.102. The van der Waals surface area contributed by atoms with Crippen LogP contribution in [0.4, 0.5) is 0 Å². The largest absolute Gasteiger partial charge is 0.481 e. The van der Waals surface area contributed by atoms with Crippen LogP contribution in [0.15, 0.2) is 48.5 Å². The summed E-state index contributed by atoms with van der Waals surface area (Å²) < 4.78 is 0. The third-order valence-corrected chi connectivity index (χ3v) is 3.88. The summed E-state index contributed by atoms with van der Waals surface area (Å²) in [6.45, 7) is 0. The minimum atomic E-state index is -0.978. The molecule has 0 heterocycles. The molecule has 0 aromatic heterocycles. The summed E-state index contributed by atoms with van der Waals surface area (Å²) in [7, 11) is 0. The van der Waals surface area contributed by atoms with Crippen molar-refractivity contribution in [3.8, 4) is 11.1 Å². The highest BCUT2D eigenvalue weighted by atomic mass is 16.4. The lowest BCUT2D eigenvalue weighted by molar-refractivity contribution is -0.137. The zero-order valence-corrected chi connectivity index (χ0v) is 13.2. The van der Waals surface area contributed by atoms with Crippen LogP contribution in [-0.2, 0) is 4.79 Å². The van der Waals surface area contributed by atoms with E-state index in [0.29, 0.717) is 19.3 Å². The zero-order valence-electron chi connectivity index (χ0n) is 13.2. The number of unbranched alkanes of at least 4 members (excludes halogenated alkanes) is 1. The molecule has 2 aromatic rings. The van der Waals surface area contributed by atoms with Gasteiger partial charge in [-0.05, 0) is 48.1 Å². The molecular weight excluding hydrogens is 308 g/mol. The summed E-state index contributed by atoms with van der Waals surface area (Å²) in [6, 6.07) is 13.9. The molecule has 0 bridgehead atoms. The first-order chi connectivity index (χ1) is 11.5. The highest BCUT2D eigenvalue weighted by Gasteiger charge is 2.14. The Labute approximate surface area is 140 Å². The zero-order chi connectivity index (χ0) is 17.5. The van der Waals surface area contributed by atoms with Gasteiger partial charge in [-0.25, -0.2) is 4.79 Å². The van der Waals surface area contributed by atoms with E-state index < -0.39 is 18.0 Å². The van der Waals surface area contributed by atoms with Crippen molar-refractivity contribution in [3.63, 3.8) is 0 Å². The number of aliphatic hydroxyl groups excluding tert-OH is 1. The van der Waals surface area contributed by atoms with Gasteiger partial charge in [0.2, 0.25) is 0 Å². The highest BCUT2D eigenvalue weighted by Crippen LogP contribution is 2.31. The van der Waals surface area contributed by atoms with Gasteiger partial charge in [-0.2, -0.15) is 0 Å². The van der Waals surface area contributed by atoms with Gasteiger partial charge in [-0.15, -0.1) is 0 Å². The second-order valence-corrected chi connectivity index (χ2v) is 5.63. The molecule has 0 amide bonds. The van der Waals surface area contributed by atoms with E-state index in [-0.39, 0.29) is 12.0 Å². The fraction of sp³-hybridized carbons (Fsp3) is 0.263. The maximum Gasteiger partial charge on any atom is 0.335 e. The number of aliphatic hydroxyl groups is 1. The first-order valence-corrected chi connectivity index (χ1v) is 7.81. The molecule has 1 atom stereocenters. The van der Waals surface area contributed by atoms with Crippen molar-refractivity contribution in [2.45, 2.75) is 31.8 Å². The van der Waals surface area contributed by atoms with Crippen LogP contribution in [0.2, 0.25) is 0 Å². The van der Waals surface area contributed by atoms with E-state index in [9.17, 15) is 14.7 Å². The Morgan fingerprint density at radius 3 is 2.21 bits per heavy atom. The maximum atomic E-state index is 10.9. The molecule has 0 spiro atoms. The molecule has 0 saturated heterocycles. The van der Waals surface area contributed by atoms with Crippen LogP contribution in [0.3, 0.4) is 0 Å². The molecule has 5 nitrogen and oxygen atoms in total. The predicted octanol–water partition coefficient (Wildman–Crippen LogP) is 3.73. The second kappa shape index (κ2) is 8.26. The molecule has 3 N–H and O–H groups in total. The molecule has 126 valence electrons. The number of carboxylic acid groups (broad SMARTS) is 2. The van der Waals surface area contributed by atoms with Crippen LogP contribution in [0.5, 0.6) is 0 Å². The van der Waals surface area contributed by atoms with Gasteiger partial charge in [0.25, 0.3) is 0 Å².